The lowest BCUT2D eigenvalue weighted by molar-refractivity contribution is -0.139. The molecule has 0 fully saturated rings. The van der Waals surface area contributed by atoms with E-state index in [0.29, 0.717) is 11.3 Å². The van der Waals surface area contributed by atoms with E-state index in [1.807, 2.05) is 0 Å². The molecule has 86 valence electrons. The predicted molar refractivity (Wildman–Crippen MR) is 55.7 cm³/mol. The normalized spacial score (nSPS) is 9.62. The van der Waals surface area contributed by atoms with Crippen molar-refractivity contribution in [1.29, 1.82) is 0 Å². The van der Waals surface area contributed by atoms with Gasteiger partial charge in [0.15, 0.2) is 0 Å². The molecule has 0 radical (unpaired) electrons. The Morgan fingerprint density at radius 3 is 2.50 bits per heavy atom. The van der Waals surface area contributed by atoms with E-state index in [1.54, 1.807) is 12.1 Å². The molecule has 1 N–H and O–H groups in total. The van der Waals surface area contributed by atoms with Gasteiger partial charge in [-0.1, -0.05) is 6.07 Å². The first-order valence-electron chi connectivity index (χ1n) is 4.55. The fourth-order valence-electron chi connectivity index (χ4n) is 1.26. The van der Waals surface area contributed by atoms with E-state index in [9.17, 15) is 9.59 Å². The second-order valence-corrected chi connectivity index (χ2v) is 3.08. The summed E-state index contributed by atoms with van der Waals surface area (Å²) < 4.78 is 9.39. The van der Waals surface area contributed by atoms with Crippen molar-refractivity contribution in [3.05, 3.63) is 29.3 Å². The Morgan fingerprint density at radius 2 is 2.00 bits per heavy atom. The minimum atomic E-state index is -1.10. The Balaban J connectivity index is 3.08. The standard InChI is InChI=1S/C11H12O5/c1-15-8-4-3-7(5-10(12)16-2)9(6-8)11(13)14/h3-4,6H,5H2,1-2H3,(H,13,14). The zero-order valence-corrected chi connectivity index (χ0v) is 9.02. The molecule has 16 heavy (non-hydrogen) atoms. The van der Waals surface area contributed by atoms with Crippen molar-refractivity contribution >= 4 is 11.9 Å². The van der Waals surface area contributed by atoms with Crippen LogP contribution in [0.15, 0.2) is 18.2 Å². The van der Waals surface area contributed by atoms with E-state index in [2.05, 4.69) is 4.74 Å². The van der Waals surface area contributed by atoms with Crippen LogP contribution in [0.2, 0.25) is 0 Å². The van der Waals surface area contributed by atoms with Crippen molar-refractivity contribution in [3.8, 4) is 5.75 Å². The molecule has 5 heteroatoms. The van der Waals surface area contributed by atoms with Crippen molar-refractivity contribution < 1.29 is 24.2 Å². The largest absolute Gasteiger partial charge is 0.497 e. The van der Waals surface area contributed by atoms with Crippen LogP contribution in [-0.4, -0.2) is 31.3 Å². The number of aromatic carboxylic acids is 1. The minimum Gasteiger partial charge on any atom is -0.497 e. The highest BCUT2D eigenvalue weighted by Crippen LogP contribution is 2.18. The number of carbonyl (C=O) groups is 2. The topological polar surface area (TPSA) is 72.8 Å². The second kappa shape index (κ2) is 5.16. The van der Waals surface area contributed by atoms with E-state index >= 15 is 0 Å². The van der Waals surface area contributed by atoms with Crippen LogP contribution in [0.1, 0.15) is 15.9 Å². The Labute approximate surface area is 92.6 Å². The van der Waals surface area contributed by atoms with E-state index in [4.69, 9.17) is 9.84 Å². The summed E-state index contributed by atoms with van der Waals surface area (Å²) in [4.78, 5) is 22.0. The SMILES string of the molecule is COC(=O)Cc1ccc(OC)cc1C(=O)O. The van der Waals surface area contributed by atoms with Gasteiger partial charge in [0.25, 0.3) is 0 Å². The Kier molecular flexibility index (Phi) is 3.88. The molecule has 0 aliphatic rings. The molecular formula is C11H12O5. The van der Waals surface area contributed by atoms with Crippen LogP contribution in [0.3, 0.4) is 0 Å². The lowest BCUT2D eigenvalue weighted by Crippen LogP contribution is -2.10. The van der Waals surface area contributed by atoms with Crippen LogP contribution in [-0.2, 0) is 16.0 Å². The van der Waals surface area contributed by atoms with Crippen LogP contribution in [0.5, 0.6) is 5.75 Å². The molecule has 1 rings (SSSR count). The van der Waals surface area contributed by atoms with Gasteiger partial charge in [0, 0.05) is 0 Å². The van der Waals surface area contributed by atoms with Gasteiger partial charge in [-0.25, -0.2) is 4.79 Å². The molecule has 0 spiro atoms. The van der Waals surface area contributed by atoms with Crippen molar-refractivity contribution in [2.24, 2.45) is 0 Å². The van der Waals surface area contributed by atoms with E-state index in [-0.39, 0.29) is 12.0 Å². The maximum Gasteiger partial charge on any atom is 0.336 e. The highest BCUT2D eigenvalue weighted by atomic mass is 16.5. The van der Waals surface area contributed by atoms with Gasteiger partial charge in [-0.2, -0.15) is 0 Å². The van der Waals surface area contributed by atoms with E-state index < -0.39 is 11.9 Å². The Morgan fingerprint density at radius 1 is 1.31 bits per heavy atom. The molecule has 0 unspecified atom stereocenters. The van der Waals surface area contributed by atoms with Crippen LogP contribution in [0.4, 0.5) is 0 Å². The summed E-state index contributed by atoms with van der Waals surface area (Å²) >= 11 is 0. The number of hydrogen-bond acceptors (Lipinski definition) is 4. The van der Waals surface area contributed by atoms with Gasteiger partial charge >= 0.3 is 11.9 Å². The third kappa shape index (κ3) is 2.73. The molecule has 0 amide bonds. The zero-order valence-electron chi connectivity index (χ0n) is 9.02. The molecule has 0 saturated carbocycles. The molecule has 0 bridgehead atoms. The molecule has 5 nitrogen and oxygen atoms in total. The van der Waals surface area contributed by atoms with Gasteiger partial charge in [0.05, 0.1) is 26.2 Å². The van der Waals surface area contributed by atoms with Crippen molar-refractivity contribution in [1.82, 2.24) is 0 Å². The first kappa shape index (κ1) is 12.0. The number of esters is 1. The third-order valence-corrected chi connectivity index (χ3v) is 2.11. The summed E-state index contributed by atoms with van der Waals surface area (Å²) in [5, 5.41) is 8.96. The van der Waals surface area contributed by atoms with Crippen LogP contribution < -0.4 is 4.74 Å². The van der Waals surface area contributed by atoms with Crippen molar-refractivity contribution in [2.45, 2.75) is 6.42 Å². The minimum absolute atomic E-state index is 0.0461. The first-order valence-corrected chi connectivity index (χ1v) is 4.55. The highest BCUT2D eigenvalue weighted by Gasteiger charge is 2.14. The predicted octanol–water partition coefficient (Wildman–Crippen LogP) is 1.11. The van der Waals surface area contributed by atoms with Crippen LogP contribution in [0.25, 0.3) is 0 Å². The van der Waals surface area contributed by atoms with Crippen LogP contribution >= 0.6 is 0 Å². The second-order valence-electron chi connectivity index (χ2n) is 3.08. The van der Waals surface area contributed by atoms with Gasteiger partial charge in [-0.3, -0.25) is 4.79 Å². The average molecular weight is 224 g/mol. The first-order chi connectivity index (χ1) is 7.58. The fourth-order valence-corrected chi connectivity index (χ4v) is 1.26. The maximum absolute atomic E-state index is 11.1. The molecule has 0 aromatic heterocycles. The molecule has 0 saturated heterocycles. The summed E-state index contributed by atoms with van der Waals surface area (Å²) in [7, 11) is 2.70. The van der Waals surface area contributed by atoms with Crippen molar-refractivity contribution in [2.75, 3.05) is 14.2 Å². The Hall–Kier alpha value is -2.04. The lowest BCUT2D eigenvalue weighted by Gasteiger charge is -2.07. The Bertz CT molecular complexity index is 411. The molecule has 1 aromatic rings. The molecule has 0 heterocycles. The summed E-state index contributed by atoms with van der Waals surface area (Å²) in [6, 6.07) is 4.52. The van der Waals surface area contributed by atoms with Crippen molar-refractivity contribution in [3.63, 3.8) is 0 Å². The van der Waals surface area contributed by atoms with Gasteiger partial charge in [-0.15, -0.1) is 0 Å². The fraction of sp³-hybridized carbons (Fsp3) is 0.273. The zero-order chi connectivity index (χ0) is 12.1. The maximum atomic E-state index is 11.1. The number of carbonyl (C=O) groups excluding carboxylic acids is 1. The van der Waals surface area contributed by atoms with Gasteiger partial charge in [0.1, 0.15) is 5.75 Å². The van der Waals surface area contributed by atoms with E-state index in [0.717, 1.165) is 0 Å². The van der Waals surface area contributed by atoms with Gasteiger partial charge < -0.3 is 14.6 Å². The van der Waals surface area contributed by atoms with Gasteiger partial charge in [-0.05, 0) is 17.7 Å². The molecular weight excluding hydrogens is 212 g/mol. The summed E-state index contributed by atoms with van der Waals surface area (Å²) in [6.07, 6.45) is -0.0673. The summed E-state index contributed by atoms with van der Waals surface area (Å²) in [5.41, 5.74) is 0.449. The van der Waals surface area contributed by atoms with E-state index in [1.165, 1.54) is 20.3 Å². The summed E-state index contributed by atoms with van der Waals surface area (Å²) in [5.74, 6) is -1.14. The lowest BCUT2D eigenvalue weighted by atomic mass is 10.0. The number of carboxylic acid groups (broad SMARTS) is 1. The summed E-state index contributed by atoms with van der Waals surface area (Å²) in [6.45, 7) is 0. The van der Waals surface area contributed by atoms with Crippen LogP contribution in [0, 0.1) is 0 Å². The molecule has 0 aliphatic heterocycles. The quantitative estimate of drug-likeness (QED) is 0.775. The number of methoxy groups -OCH3 is 2. The smallest absolute Gasteiger partial charge is 0.336 e. The highest BCUT2D eigenvalue weighted by molar-refractivity contribution is 5.91. The third-order valence-electron chi connectivity index (χ3n) is 2.11. The molecule has 1 aromatic carbocycles. The average Bonchev–Trinajstić information content (AvgIpc) is 2.29. The number of benzene rings is 1. The monoisotopic (exact) mass is 224 g/mol. The molecule has 0 aliphatic carbocycles. The number of rotatable bonds is 4. The number of hydrogen-bond donors (Lipinski definition) is 1. The number of carboxylic acids is 1. The van der Waals surface area contributed by atoms with Gasteiger partial charge in [0.2, 0.25) is 0 Å². The molecule has 0 atom stereocenters. The number of ether oxygens (including phenoxy) is 2.